The van der Waals surface area contributed by atoms with E-state index in [1.807, 2.05) is 18.2 Å². The van der Waals surface area contributed by atoms with E-state index in [2.05, 4.69) is 39.4 Å². The van der Waals surface area contributed by atoms with Crippen molar-refractivity contribution in [2.45, 2.75) is 16.2 Å². The molecule has 136 valence electrons. The molecule has 0 unspecified atom stereocenters. The first-order valence-electron chi connectivity index (χ1n) is 9.14. The number of nitrogens with zero attached hydrogens (tertiary/aromatic N) is 2. The van der Waals surface area contributed by atoms with Crippen molar-refractivity contribution in [3.63, 3.8) is 0 Å². The highest BCUT2D eigenvalue weighted by Gasteiger charge is 2.24. The van der Waals surface area contributed by atoms with Gasteiger partial charge in [-0.3, -0.25) is 4.79 Å². The second kappa shape index (κ2) is 7.70. The summed E-state index contributed by atoms with van der Waals surface area (Å²) in [5, 5.41) is 3.40. The number of nitrogens with one attached hydrogen (secondary N) is 1. The standard InChI is InChI=1S/C20H24N4OS/c21-20(25)15-6-7-19-17(14-15)24(16-4-1-2-5-18(16)26-19)11-3-10-23-12-8-22-9-13-23/h1-2,4-7,14,22H,3,8-13H2,(H2,21,25). The Morgan fingerprint density at radius 2 is 1.81 bits per heavy atom. The molecule has 3 N–H and O–H groups in total. The van der Waals surface area contributed by atoms with Gasteiger partial charge in [-0.15, -0.1) is 0 Å². The molecule has 2 aromatic carbocycles. The second-order valence-corrected chi connectivity index (χ2v) is 7.80. The van der Waals surface area contributed by atoms with Crippen molar-refractivity contribution in [2.75, 3.05) is 44.2 Å². The number of nitrogens with two attached hydrogens (primary N) is 1. The first kappa shape index (κ1) is 17.4. The number of hydrogen-bond donors (Lipinski definition) is 2. The highest BCUT2D eigenvalue weighted by molar-refractivity contribution is 7.99. The fraction of sp³-hybridized carbons (Fsp3) is 0.350. The molecule has 1 fully saturated rings. The van der Waals surface area contributed by atoms with E-state index in [1.165, 1.54) is 15.5 Å². The van der Waals surface area contributed by atoms with Crippen LogP contribution < -0.4 is 16.0 Å². The minimum Gasteiger partial charge on any atom is -0.366 e. The summed E-state index contributed by atoms with van der Waals surface area (Å²) in [6, 6.07) is 14.2. The largest absolute Gasteiger partial charge is 0.366 e. The number of fused-ring (bicyclic) bond motifs is 2. The summed E-state index contributed by atoms with van der Waals surface area (Å²) in [5.41, 5.74) is 8.38. The predicted molar refractivity (Wildman–Crippen MR) is 106 cm³/mol. The smallest absolute Gasteiger partial charge is 0.248 e. The normalized spacial score (nSPS) is 16.8. The Hall–Kier alpha value is -2.02. The van der Waals surface area contributed by atoms with Crippen LogP contribution in [0, 0.1) is 0 Å². The van der Waals surface area contributed by atoms with E-state index in [1.54, 1.807) is 11.8 Å². The summed E-state index contributed by atoms with van der Waals surface area (Å²) in [6.07, 6.45) is 1.08. The van der Waals surface area contributed by atoms with E-state index in [9.17, 15) is 4.79 Å². The van der Waals surface area contributed by atoms with E-state index in [0.717, 1.165) is 51.4 Å². The Balaban J connectivity index is 1.57. The molecule has 1 amide bonds. The van der Waals surface area contributed by atoms with Crippen molar-refractivity contribution in [3.05, 3.63) is 48.0 Å². The zero-order valence-electron chi connectivity index (χ0n) is 14.8. The Kier molecular flexibility index (Phi) is 5.15. The SMILES string of the molecule is NC(=O)c1ccc2c(c1)N(CCCN1CCNCC1)c1ccccc1S2. The number of carbonyl (C=O) groups is 1. The van der Waals surface area contributed by atoms with Gasteiger partial charge in [-0.1, -0.05) is 23.9 Å². The molecule has 6 heteroatoms. The summed E-state index contributed by atoms with van der Waals surface area (Å²) in [7, 11) is 0. The van der Waals surface area contributed by atoms with Gasteiger partial charge in [-0.25, -0.2) is 0 Å². The summed E-state index contributed by atoms with van der Waals surface area (Å²) < 4.78 is 0. The molecule has 5 nitrogen and oxygen atoms in total. The van der Waals surface area contributed by atoms with Crippen LogP contribution in [0.5, 0.6) is 0 Å². The molecule has 2 aromatic rings. The molecule has 2 aliphatic rings. The number of anilines is 2. The number of rotatable bonds is 5. The molecule has 0 aromatic heterocycles. The summed E-state index contributed by atoms with van der Waals surface area (Å²) >= 11 is 1.76. The highest BCUT2D eigenvalue weighted by atomic mass is 32.2. The lowest BCUT2D eigenvalue weighted by Crippen LogP contribution is -2.44. The number of carbonyl (C=O) groups excluding carboxylic acids is 1. The zero-order valence-corrected chi connectivity index (χ0v) is 15.6. The Labute approximate surface area is 158 Å². The van der Waals surface area contributed by atoms with Gasteiger partial charge in [-0.2, -0.15) is 0 Å². The third-order valence-electron chi connectivity index (χ3n) is 4.98. The van der Waals surface area contributed by atoms with Crippen LogP contribution >= 0.6 is 11.8 Å². The van der Waals surface area contributed by atoms with Crippen molar-refractivity contribution in [1.82, 2.24) is 10.2 Å². The molecule has 2 heterocycles. The van der Waals surface area contributed by atoms with Gasteiger partial charge in [0.2, 0.25) is 5.91 Å². The van der Waals surface area contributed by atoms with Gasteiger partial charge in [0.05, 0.1) is 11.4 Å². The number of amides is 1. The lowest BCUT2D eigenvalue weighted by atomic mass is 10.1. The van der Waals surface area contributed by atoms with Gasteiger partial charge < -0.3 is 20.9 Å². The average Bonchev–Trinajstić information content (AvgIpc) is 2.68. The van der Waals surface area contributed by atoms with Gasteiger partial charge in [0, 0.05) is 48.1 Å². The van der Waals surface area contributed by atoms with Crippen molar-refractivity contribution >= 4 is 29.0 Å². The Morgan fingerprint density at radius 3 is 2.62 bits per heavy atom. The molecule has 0 spiro atoms. The van der Waals surface area contributed by atoms with Crippen molar-refractivity contribution in [2.24, 2.45) is 5.73 Å². The van der Waals surface area contributed by atoms with Crippen LogP contribution in [0.1, 0.15) is 16.8 Å². The number of primary amides is 1. The molecular formula is C20H24N4OS. The van der Waals surface area contributed by atoms with Crippen molar-refractivity contribution in [1.29, 1.82) is 0 Å². The fourth-order valence-electron chi connectivity index (χ4n) is 3.61. The second-order valence-electron chi connectivity index (χ2n) is 6.71. The Bertz CT molecular complexity index is 804. The topological polar surface area (TPSA) is 61.6 Å². The molecule has 0 aliphatic carbocycles. The monoisotopic (exact) mass is 368 g/mol. The molecule has 0 bridgehead atoms. The minimum atomic E-state index is -0.377. The van der Waals surface area contributed by atoms with Crippen molar-refractivity contribution in [3.8, 4) is 0 Å². The van der Waals surface area contributed by atoms with E-state index in [-0.39, 0.29) is 5.91 Å². The lowest BCUT2D eigenvalue weighted by molar-refractivity contribution is 0.1000. The third-order valence-corrected chi connectivity index (χ3v) is 6.11. The van der Waals surface area contributed by atoms with E-state index in [0.29, 0.717) is 5.56 Å². The first-order chi connectivity index (χ1) is 12.7. The van der Waals surface area contributed by atoms with Crippen LogP contribution in [-0.2, 0) is 0 Å². The van der Waals surface area contributed by atoms with Gasteiger partial charge in [-0.05, 0) is 43.3 Å². The van der Waals surface area contributed by atoms with Gasteiger partial charge in [0.25, 0.3) is 0 Å². The molecular weight excluding hydrogens is 344 g/mol. The number of piperazine rings is 1. The molecule has 0 radical (unpaired) electrons. The van der Waals surface area contributed by atoms with E-state index >= 15 is 0 Å². The minimum absolute atomic E-state index is 0.377. The quantitative estimate of drug-likeness (QED) is 0.850. The summed E-state index contributed by atoms with van der Waals surface area (Å²) in [5.74, 6) is -0.377. The van der Waals surface area contributed by atoms with Crippen LogP contribution in [0.3, 0.4) is 0 Å². The van der Waals surface area contributed by atoms with Crippen LogP contribution in [-0.4, -0.2) is 50.1 Å². The molecule has 4 rings (SSSR count). The van der Waals surface area contributed by atoms with Crippen LogP contribution in [0.2, 0.25) is 0 Å². The number of para-hydroxylation sites is 1. The van der Waals surface area contributed by atoms with E-state index in [4.69, 9.17) is 5.73 Å². The Morgan fingerprint density at radius 1 is 1.04 bits per heavy atom. The summed E-state index contributed by atoms with van der Waals surface area (Å²) in [4.78, 5) is 18.9. The van der Waals surface area contributed by atoms with E-state index < -0.39 is 0 Å². The summed E-state index contributed by atoms with van der Waals surface area (Å²) in [6.45, 7) is 6.42. The molecule has 1 saturated heterocycles. The fourth-order valence-corrected chi connectivity index (χ4v) is 4.69. The molecule has 0 atom stereocenters. The molecule has 0 saturated carbocycles. The maximum absolute atomic E-state index is 11.6. The lowest BCUT2D eigenvalue weighted by Gasteiger charge is -2.34. The first-order valence-corrected chi connectivity index (χ1v) is 9.95. The maximum atomic E-state index is 11.6. The van der Waals surface area contributed by atoms with Crippen LogP contribution in [0.4, 0.5) is 11.4 Å². The predicted octanol–water partition coefficient (Wildman–Crippen LogP) is 2.68. The number of benzene rings is 2. The third kappa shape index (κ3) is 3.58. The molecule has 2 aliphatic heterocycles. The van der Waals surface area contributed by atoms with Crippen LogP contribution in [0.15, 0.2) is 52.3 Å². The van der Waals surface area contributed by atoms with Gasteiger partial charge >= 0.3 is 0 Å². The van der Waals surface area contributed by atoms with Crippen LogP contribution in [0.25, 0.3) is 0 Å². The highest BCUT2D eigenvalue weighted by Crippen LogP contribution is 2.48. The zero-order chi connectivity index (χ0) is 17.9. The maximum Gasteiger partial charge on any atom is 0.248 e. The van der Waals surface area contributed by atoms with Gasteiger partial charge in [0.15, 0.2) is 0 Å². The van der Waals surface area contributed by atoms with Crippen molar-refractivity contribution < 1.29 is 4.79 Å². The average molecular weight is 369 g/mol. The number of hydrogen-bond acceptors (Lipinski definition) is 5. The van der Waals surface area contributed by atoms with Gasteiger partial charge in [0.1, 0.15) is 0 Å². The molecule has 26 heavy (non-hydrogen) atoms.